The Balaban J connectivity index is 1.22. The second-order valence-corrected chi connectivity index (χ2v) is 11.7. The molecule has 6 rings (SSSR count). The molecule has 0 aromatic carbocycles. The first-order valence-corrected chi connectivity index (χ1v) is 12.7. The molecule has 0 aromatic heterocycles. The van der Waals surface area contributed by atoms with Crippen LogP contribution in [0.2, 0.25) is 0 Å². The molecule has 8 unspecified atom stereocenters. The molecule has 0 saturated heterocycles. The van der Waals surface area contributed by atoms with Gasteiger partial charge >= 0.3 is 0 Å². The SMILES string of the molecule is CC1=C2C3=C4C2CC(C1)CC(C)CCCCCCCCC1CC2C(C1)C4C32. The van der Waals surface area contributed by atoms with Crippen molar-refractivity contribution < 1.29 is 0 Å². The standard InChI is InChI=1S/C27H40/c1-16-9-7-5-3-4-6-8-10-18-13-20-21(14-18)25-24(20)26-22-15-19(11-16)12-17(2)23(22)27(25)26/h16,18-22,24-25H,3-15H2,1-2H3. The Morgan fingerprint density at radius 3 is 2.19 bits per heavy atom. The van der Waals surface area contributed by atoms with E-state index < -0.39 is 0 Å². The molecule has 0 nitrogen and oxygen atoms in total. The van der Waals surface area contributed by atoms with Crippen LogP contribution in [0.3, 0.4) is 0 Å². The van der Waals surface area contributed by atoms with Crippen LogP contribution in [0.15, 0.2) is 22.3 Å². The number of hydrogen-bond donors (Lipinski definition) is 0. The molecular weight excluding hydrogens is 324 g/mol. The largest absolute Gasteiger partial charge is 0.0689 e. The van der Waals surface area contributed by atoms with E-state index in [1.54, 1.807) is 19.3 Å². The lowest BCUT2D eigenvalue weighted by molar-refractivity contribution is -0.00325. The maximum atomic E-state index is 2.55. The van der Waals surface area contributed by atoms with Gasteiger partial charge in [0, 0.05) is 5.92 Å². The van der Waals surface area contributed by atoms with E-state index in [1.165, 1.54) is 64.2 Å². The Bertz CT molecular complexity index is 678. The van der Waals surface area contributed by atoms with Crippen molar-refractivity contribution in [1.82, 2.24) is 0 Å². The summed E-state index contributed by atoms with van der Waals surface area (Å²) in [6.07, 6.45) is 19.7. The minimum atomic E-state index is 0.936. The van der Waals surface area contributed by atoms with Gasteiger partial charge in [-0.3, -0.25) is 0 Å². The quantitative estimate of drug-likeness (QED) is 0.413. The Kier molecular flexibility index (Phi) is 4.17. The number of rotatable bonds is 0. The van der Waals surface area contributed by atoms with Crippen LogP contribution < -0.4 is 0 Å². The first-order chi connectivity index (χ1) is 13.2. The lowest BCUT2D eigenvalue weighted by Gasteiger charge is -2.68. The molecule has 3 saturated carbocycles. The van der Waals surface area contributed by atoms with E-state index >= 15 is 0 Å². The molecule has 0 aliphatic heterocycles. The smallest absolute Gasteiger partial charge is 0.00623 e. The highest BCUT2D eigenvalue weighted by atomic mass is 14.7. The van der Waals surface area contributed by atoms with Crippen LogP contribution in [0.1, 0.15) is 97.3 Å². The Morgan fingerprint density at radius 2 is 1.37 bits per heavy atom. The summed E-state index contributed by atoms with van der Waals surface area (Å²) >= 11 is 0. The lowest BCUT2D eigenvalue weighted by Crippen LogP contribution is -2.60. The van der Waals surface area contributed by atoms with Crippen LogP contribution in [0.25, 0.3) is 0 Å². The van der Waals surface area contributed by atoms with Crippen LogP contribution in [-0.2, 0) is 0 Å². The summed E-state index contributed by atoms with van der Waals surface area (Å²) in [5.74, 6) is 8.34. The zero-order chi connectivity index (χ0) is 18.1. The Morgan fingerprint density at radius 1 is 0.667 bits per heavy atom. The van der Waals surface area contributed by atoms with Crippen LogP contribution in [0.4, 0.5) is 0 Å². The predicted molar refractivity (Wildman–Crippen MR) is 113 cm³/mol. The van der Waals surface area contributed by atoms with Crippen LogP contribution >= 0.6 is 0 Å². The van der Waals surface area contributed by atoms with Crippen LogP contribution in [0.5, 0.6) is 0 Å². The van der Waals surface area contributed by atoms with E-state index in [0.29, 0.717) is 0 Å². The van der Waals surface area contributed by atoms with Gasteiger partial charge in [-0.05, 0) is 91.6 Å². The molecule has 6 aliphatic rings. The molecule has 27 heavy (non-hydrogen) atoms. The maximum absolute atomic E-state index is 2.55. The number of allylic oxidation sites excluding steroid dienone is 4. The molecular formula is C27H40. The maximum Gasteiger partial charge on any atom is 0.00623 e. The van der Waals surface area contributed by atoms with Crippen LogP contribution in [0, 0.1) is 47.3 Å². The van der Waals surface area contributed by atoms with Gasteiger partial charge in [-0.2, -0.15) is 0 Å². The van der Waals surface area contributed by atoms with Crippen molar-refractivity contribution in [2.45, 2.75) is 97.3 Å². The second-order valence-electron chi connectivity index (χ2n) is 11.7. The van der Waals surface area contributed by atoms with E-state index in [9.17, 15) is 0 Å². The van der Waals surface area contributed by atoms with Crippen molar-refractivity contribution in [3.63, 3.8) is 0 Å². The van der Waals surface area contributed by atoms with Gasteiger partial charge < -0.3 is 0 Å². The van der Waals surface area contributed by atoms with Gasteiger partial charge in [0.15, 0.2) is 0 Å². The van der Waals surface area contributed by atoms with Crippen molar-refractivity contribution >= 4 is 0 Å². The molecule has 4 bridgehead atoms. The highest BCUT2D eigenvalue weighted by molar-refractivity contribution is 5.66. The molecule has 0 N–H and O–H groups in total. The zero-order valence-corrected chi connectivity index (χ0v) is 17.8. The first kappa shape index (κ1) is 17.3. The van der Waals surface area contributed by atoms with E-state index in [4.69, 9.17) is 0 Å². The van der Waals surface area contributed by atoms with Gasteiger partial charge in [0.25, 0.3) is 0 Å². The van der Waals surface area contributed by atoms with Crippen molar-refractivity contribution in [3.8, 4) is 0 Å². The topological polar surface area (TPSA) is 0 Å². The number of hydrogen-bond acceptors (Lipinski definition) is 0. The third kappa shape index (κ3) is 2.53. The van der Waals surface area contributed by atoms with E-state index in [2.05, 4.69) is 13.8 Å². The monoisotopic (exact) mass is 364 g/mol. The third-order valence-electron chi connectivity index (χ3n) is 10.0. The normalized spacial score (nSPS) is 49.1. The van der Waals surface area contributed by atoms with E-state index in [1.807, 2.05) is 22.3 Å². The van der Waals surface area contributed by atoms with Gasteiger partial charge in [-0.15, -0.1) is 0 Å². The summed E-state index contributed by atoms with van der Waals surface area (Å²) in [5, 5.41) is 0. The van der Waals surface area contributed by atoms with Crippen molar-refractivity contribution in [2.24, 2.45) is 47.3 Å². The first-order valence-electron chi connectivity index (χ1n) is 12.7. The second kappa shape index (κ2) is 6.50. The summed E-state index contributed by atoms with van der Waals surface area (Å²) in [6.45, 7) is 5.05. The molecule has 6 aliphatic carbocycles. The summed E-state index contributed by atoms with van der Waals surface area (Å²) in [6, 6.07) is 0. The van der Waals surface area contributed by atoms with Gasteiger partial charge in [0.1, 0.15) is 0 Å². The highest BCUT2D eigenvalue weighted by Crippen LogP contribution is 2.77. The van der Waals surface area contributed by atoms with Gasteiger partial charge in [0.05, 0.1) is 0 Å². The fraction of sp³-hybridized carbons (Fsp3) is 0.852. The summed E-state index contributed by atoms with van der Waals surface area (Å²) in [4.78, 5) is 0. The van der Waals surface area contributed by atoms with E-state index in [0.717, 1.165) is 47.3 Å². The minimum Gasteiger partial charge on any atom is -0.0689 e. The molecule has 0 amide bonds. The Labute approximate surface area is 167 Å². The molecule has 0 heterocycles. The molecule has 8 atom stereocenters. The summed E-state index contributed by atoms with van der Waals surface area (Å²) in [7, 11) is 0. The Hall–Kier alpha value is -0.520. The predicted octanol–water partition coefficient (Wildman–Crippen LogP) is 7.70. The third-order valence-corrected chi connectivity index (χ3v) is 10.0. The molecule has 0 aromatic rings. The van der Waals surface area contributed by atoms with E-state index in [-0.39, 0.29) is 0 Å². The highest BCUT2D eigenvalue weighted by Gasteiger charge is 2.68. The fourth-order valence-corrected chi connectivity index (χ4v) is 9.01. The molecule has 0 radical (unpaired) electrons. The van der Waals surface area contributed by atoms with Crippen molar-refractivity contribution in [2.75, 3.05) is 0 Å². The van der Waals surface area contributed by atoms with Gasteiger partial charge in [-0.1, -0.05) is 69.4 Å². The number of fused-ring (bicyclic) bond motifs is 5. The lowest BCUT2D eigenvalue weighted by atomic mass is 9.36. The molecule has 3 fully saturated rings. The average Bonchev–Trinajstić information content (AvgIpc) is 2.96. The molecule has 148 valence electrons. The fourth-order valence-electron chi connectivity index (χ4n) is 9.01. The van der Waals surface area contributed by atoms with Crippen molar-refractivity contribution in [3.05, 3.63) is 22.3 Å². The van der Waals surface area contributed by atoms with Crippen molar-refractivity contribution in [1.29, 1.82) is 0 Å². The molecule has 0 spiro atoms. The average molecular weight is 365 g/mol. The molecule has 0 heteroatoms. The minimum absolute atomic E-state index is 0.936. The zero-order valence-electron chi connectivity index (χ0n) is 17.8. The van der Waals surface area contributed by atoms with Gasteiger partial charge in [-0.25, -0.2) is 0 Å². The van der Waals surface area contributed by atoms with Crippen LogP contribution in [-0.4, -0.2) is 0 Å². The summed E-state index contributed by atoms with van der Waals surface area (Å²) in [5.41, 5.74) is 7.70. The summed E-state index contributed by atoms with van der Waals surface area (Å²) < 4.78 is 0. The van der Waals surface area contributed by atoms with Gasteiger partial charge in [0.2, 0.25) is 0 Å².